The molecular weight excluding hydrogens is 440 g/mol. The van der Waals surface area contributed by atoms with E-state index >= 15 is 0 Å². The molecule has 0 radical (unpaired) electrons. The third kappa shape index (κ3) is 4.57. The molecular formula is C22H22Cl2FN5O. The summed E-state index contributed by atoms with van der Waals surface area (Å²) in [4.78, 5) is 9.49. The Labute approximate surface area is 190 Å². The lowest BCUT2D eigenvalue weighted by atomic mass is 10.2. The highest BCUT2D eigenvalue weighted by atomic mass is 35.5. The summed E-state index contributed by atoms with van der Waals surface area (Å²) >= 11 is 6.15. The molecule has 0 aliphatic carbocycles. The van der Waals surface area contributed by atoms with E-state index in [1.807, 2.05) is 13.1 Å². The van der Waals surface area contributed by atoms with Crippen LogP contribution in [0.25, 0.3) is 22.4 Å². The van der Waals surface area contributed by atoms with Gasteiger partial charge in [0.1, 0.15) is 22.6 Å². The molecule has 2 aromatic heterocycles. The van der Waals surface area contributed by atoms with E-state index < -0.39 is 0 Å². The molecule has 0 aliphatic heterocycles. The number of hydrogen-bond donors (Lipinski definition) is 1. The smallest absolute Gasteiger partial charge is 0.162 e. The van der Waals surface area contributed by atoms with Crippen LogP contribution in [0.15, 0.2) is 42.5 Å². The Hall–Kier alpha value is -2.90. The first-order chi connectivity index (χ1) is 14.5. The third-order valence-electron chi connectivity index (χ3n) is 4.75. The Morgan fingerprint density at radius 1 is 1.13 bits per heavy atom. The van der Waals surface area contributed by atoms with E-state index in [1.165, 1.54) is 12.1 Å². The number of benzene rings is 2. The van der Waals surface area contributed by atoms with Crippen molar-refractivity contribution in [3.05, 3.63) is 59.0 Å². The van der Waals surface area contributed by atoms with Crippen molar-refractivity contribution in [3.63, 3.8) is 0 Å². The summed E-state index contributed by atoms with van der Waals surface area (Å²) in [5.41, 5.74) is 3.95. The molecule has 31 heavy (non-hydrogen) atoms. The van der Waals surface area contributed by atoms with E-state index in [4.69, 9.17) is 26.3 Å². The number of nitrogens with one attached hydrogen (secondary N) is 1. The van der Waals surface area contributed by atoms with Crippen LogP contribution in [0, 0.1) is 5.82 Å². The molecule has 0 saturated heterocycles. The molecule has 0 bridgehead atoms. The molecule has 2 aromatic carbocycles. The number of hydrogen-bond acceptors (Lipinski definition) is 5. The minimum atomic E-state index is -0.306. The van der Waals surface area contributed by atoms with Crippen LogP contribution in [-0.2, 0) is 13.5 Å². The van der Waals surface area contributed by atoms with Gasteiger partial charge >= 0.3 is 0 Å². The van der Waals surface area contributed by atoms with Gasteiger partial charge in [-0.1, -0.05) is 24.9 Å². The standard InChI is InChI=1S/C22H21ClFN5O.ClH/c1-4-5-17-19-20(29(2)28-17)22(25-15-10-11-16(23)18(12-15)30-3)27-21(26-19)13-6-8-14(24)9-7-13;/h6-12H,4-5H2,1-3H3,(H,25,26,27);1H. The quantitative estimate of drug-likeness (QED) is 0.384. The lowest BCUT2D eigenvalue weighted by Gasteiger charge is -2.12. The van der Waals surface area contributed by atoms with Crippen LogP contribution in [-0.4, -0.2) is 26.9 Å². The Kier molecular flexibility index (Phi) is 6.97. The Bertz CT molecular complexity index is 1210. The third-order valence-corrected chi connectivity index (χ3v) is 5.07. The zero-order valence-corrected chi connectivity index (χ0v) is 18.9. The van der Waals surface area contributed by atoms with Crippen molar-refractivity contribution in [1.29, 1.82) is 0 Å². The van der Waals surface area contributed by atoms with Crippen LogP contribution < -0.4 is 10.1 Å². The second-order valence-electron chi connectivity index (χ2n) is 6.89. The Morgan fingerprint density at radius 3 is 2.55 bits per heavy atom. The molecule has 0 unspecified atom stereocenters. The van der Waals surface area contributed by atoms with Gasteiger partial charge in [0, 0.05) is 24.4 Å². The number of nitrogens with zero attached hydrogens (tertiary/aromatic N) is 4. The van der Waals surface area contributed by atoms with E-state index in [2.05, 4.69) is 17.3 Å². The maximum Gasteiger partial charge on any atom is 0.162 e. The van der Waals surface area contributed by atoms with Crippen LogP contribution in [0.1, 0.15) is 19.0 Å². The first kappa shape index (κ1) is 22.8. The lowest BCUT2D eigenvalue weighted by Crippen LogP contribution is -2.02. The fourth-order valence-electron chi connectivity index (χ4n) is 3.34. The Morgan fingerprint density at radius 2 is 1.87 bits per heavy atom. The molecule has 4 aromatic rings. The summed E-state index contributed by atoms with van der Waals surface area (Å²) in [6.07, 6.45) is 1.74. The van der Waals surface area contributed by atoms with E-state index in [1.54, 1.807) is 36.1 Å². The monoisotopic (exact) mass is 461 g/mol. The zero-order chi connectivity index (χ0) is 21.3. The molecule has 0 saturated carbocycles. The number of fused-ring (bicyclic) bond motifs is 1. The van der Waals surface area contributed by atoms with Gasteiger partial charge in [0.2, 0.25) is 0 Å². The molecule has 9 heteroatoms. The minimum absolute atomic E-state index is 0. The number of aromatic nitrogens is 4. The molecule has 0 aliphatic rings. The summed E-state index contributed by atoms with van der Waals surface area (Å²) in [7, 11) is 3.44. The SMILES string of the molecule is CCCc1nn(C)c2c(Nc3ccc(Cl)c(OC)c3)nc(-c3ccc(F)cc3)nc12.Cl. The number of ether oxygens (including phenoxy) is 1. The van der Waals surface area contributed by atoms with Gasteiger partial charge in [0.25, 0.3) is 0 Å². The van der Waals surface area contributed by atoms with Gasteiger partial charge in [-0.2, -0.15) is 5.10 Å². The van der Waals surface area contributed by atoms with E-state index in [9.17, 15) is 4.39 Å². The molecule has 1 N–H and O–H groups in total. The van der Waals surface area contributed by atoms with Crippen LogP contribution in [0.4, 0.5) is 15.9 Å². The first-order valence-corrected chi connectivity index (χ1v) is 9.98. The number of methoxy groups -OCH3 is 1. The van der Waals surface area contributed by atoms with Crippen molar-refractivity contribution >= 4 is 46.5 Å². The minimum Gasteiger partial charge on any atom is -0.495 e. The topological polar surface area (TPSA) is 64.9 Å². The van der Waals surface area contributed by atoms with Gasteiger partial charge in [-0.25, -0.2) is 14.4 Å². The fraction of sp³-hybridized carbons (Fsp3) is 0.227. The number of aryl methyl sites for hydroxylation is 2. The molecule has 4 rings (SSSR count). The van der Waals surface area contributed by atoms with Gasteiger partial charge in [-0.15, -0.1) is 12.4 Å². The van der Waals surface area contributed by atoms with Gasteiger partial charge in [-0.3, -0.25) is 4.68 Å². The summed E-state index contributed by atoms with van der Waals surface area (Å²) in [6.45, 7) is 2.10. The second kappa shape index (κ2) is 9.49. The summed E-state index contributed by atoms with van der Waals surface area (Å²) in [6, 6.07) is 11.5. The average Bonchev–Trinajstić information content (AvgIpc) is 3.06. The Balaban J connectivity index is 0.00000272. The highest BCUT2D eigenvalue weighted by Gasteiger charge is 2.18. The second-order valence-corrected chi connectivity index (χ2v) is 7.30. The normalized spacial score (nSPS) is 10.7. The summed E-state index contributed by atoms with van der Waals surface area (Å²) < 4.78 is 20.5. The van der Waals surface area contributed by atoms with E-state index in [-0.39, 0.29) is 18.2 Å². The van der Waals surface area contributed by atoms with Crippen molar-refractivity contribution in [3.8, 4) is 17.1 Å². The predicted octanol–water partition coefficient (Wildman–Crippen LogP) is 5.95. The molecule has 0 fully saturated rings. The van der Waals surface area contributed by atoms with E-state index in [0.29, 0.717) is 22.4 Å². The van der Waals surface area contributed by atoms with Crippen molar-refractivity contribution in [2.75, 3.05) is 12.4 Å². The fourth-order valence-corrected chi connectivity index (χ4v) is 3.53. The van der Waals surface area contributed by atoms with Crippen LogP contribution in [0.3, 0.4) is 0 Å². The van der Waals surface area contributed by atoms with Crippen molar-refractivity contribution in [2.45, 2.75) is 19.8 Å². The van der Waals surface area contributed by atoms with Gasteiger partial charge < -0.3 is 10.1 Å². The lowest BCUT2D eigenvalue weighted by molar-refractivity contribution is 0.415. The summed E-state index contributed by atoms with van der Waals surface area (Å²) in [5, 5.41) is 8.51. The maximum atomic E-state index is 13.4. The molecule has 0 atom stereocenters. The van der Waals surface area contributed by atoms with Crippen LogP contribution in [0.5, 0.6) is 5.75 Å². The van der Waals surface area contributed by atoms with Crippen molar-refractivity contribution in [1.82, 2.24) is 19.7 Å². The van der Waals surface area contributed by atoms with Crippen molar-refractivity contribution in [2.24, 2.45) is 7.05 Å². The molecule has 2 heterocycles. The van der Waals surface area contributed by atoms with Crippen LogP contribution in [0.2, 0.25) is 5.02 Å². The predicted molar refractivity (Wildman–Crippen MR) is 124 cm³/mol. The summed E-state index contributed by atoms with van der Waals surface area (Å²) in [5.74, 6) is 1.35. The number of rotatable bonds is 6. The molecule has 6 nitrogen and oxygen atoms in total. The highest BCUT2D eigenvalue weighted by Crippen LogP contribution is 2.32. The van der Waals surface area contributed by atoms with Gasteiger partial charge in [0.15, 0.2) is 11.6 Å². The number of halogens is 3. The highest BCUT2D eigenvalue weighted by molar-refractivity contribution is 6.32. The molecule has 162 valence electrons. The maximum absolute atomic E-state index is 13.4. The van der Waals surface area contributed by atoms with Gasteiger partial charge in [0.05, 0.1) is 17.8 Å². The average molecular weight is 462 g/mol. The number of anilines is 2. The molecule has 0 amide bonds. The molecule has 0 spiro atoms. The largest absolute Gasteiger partial charge is 0.495 e. The first-order valence-electron chi connectivity index (χ1n) is 9.60. The van der Waals surface area contributed by atoms with E-state index in [0.717, 1.165) is 40.8 Å². The van der Waals surface area contributed by atoms with Crippen LogP contribution >= 0.6 is 24.0 Å². The van der Waals surface area contributed by atoms with Crippen molar-refractivity contribution < 1.29 is 9.13 Å². The van der Waals surface area contributed by atoms with Gasteiger partial charge in [-0.05, 0) is 42.8 Å². The zero-order valence-electron chi connectivity index (χ0n) is 17.3.